The van der Waals surface area contributed by atoms with Crippen LogP contribution in [0.5, 0.6) is 0 Å². The van der Waals surface area contributed by atoms with Crippen molar-refractivity contribution < 1.29 is 37.3 Å². The molecule has 2 unspecified atom stereocenters. The highest BCUT2D eigenvalue weighted by Crippen LogP contribution is 2.38. The van der Waals surface area contributed by atoms with Crippen LogP contribution < -0.4 is 4.89 Å². The van der Waals surface area contributed by atoms with E-state index in [9.17, 15) is 14.3 Å². The van der Waals surface area contributed by atoms with E-state index in [1.165, 1.54) is 77.0 Å². The molecule has 2 atom stereocenters. The molecule has 0 aromatic carbocycles. The summed E-state index contributed by atoms with van der Waals surface area (Å²) in [4.78, 5) is 24.9. The van der Waals surface area contributed by atoms with Gasteiger partial charge in [-0.2, -0.15) is 0 Å². The van der Waals surface area contributed by atoms with E-state index in [0.29, 0.717) is 24.1 Å². The average Bonchev–Trinajstić information content (AvgIpc) is 3.06. The number of unbranched alkanes of at least 4 members (excludes halogenated alkanes) is 17. The van der Waals surface area contributed by atoms with Gasteiger partial charge < -0.3 is 27.9 Å². The zero-order valence-corrected chi connectivity index (χ0v) is 34.0. The van der Waals surface area contributed by atoms with Gasteiger partial charge in [-0.05, 0) is 70.6 Å². The molecule has 0 fully saturated rings. The van der Waals surface area contributed by atoms with E-state index in [-0.39, 0.29) is 25.8 Å². The van der Waals surface area contributed by atoms with Gasteiger partial charge in [0, 0.05) is 13.0 Å². The third-order valence-corrected chi connectivity index (χ3v) is 9.38. The van der Waals surface area contributed by atoms with Crippen molar-refractivity contribution in [1.82, 2.24) is 0 Å². The number of ether oxygens (including phenoxy) is 2. The summed E-state index contributed by atoms with van der Waals surface area (Å²) in [6.45, 7) is 5.32. The monoisotopic (exact) mass is 728 g/mol. The molecule has 0 amide bonds. The van der Waals surface area contributed by atoms with Crippen LogP contribution in [-0.2, 0) is 27.9 Å². The van der Waals surface area contributed by atoms with Crippen LogP contribution in [0.15, 0.2) is 36.5 Å². The summed E-state index contributed by atoms with van der Waals surface area (Å²) in [7, 11) is 1.34. The Bertz CT molecular complexity index is 900. The molecule has 0 saturated carbocycles. The van der Waals surface area contributed by atoms with Crippen molar-refractivity contribution in [2.24, 2.45) is 0 Å². The van der Waals surface area contributed by atoms with Crippen LogP contribution in [0, 0.1) is 0 Å². The molecule has 0 aromatic heterocycles. The van der Waals surface area contributed by atoms with E-state index < -0.39 is 13.9 Å². The van der Waals surface area contributed by atoms with E-state index in [1.807, 2.05) is 21.1 Å². The van der Waals surface area contributed by atoms with Crippen LogP contribution in [-0.4, -0.2) is 70.7 Å². The van der Waals surface area contributed by atoms with Gasteiger partial charge in [-0.1, -0.05) is 121 Å². The van der Waals surface area contributed by atoms with Gasteiger partial charge in [0.25, 0.3) is 7.82 Å². The predicted octanol–water partition coefficient (Wildman–Crippen LogP) is 10.8. The van der Waals surface area contributed by atoms with E-state index >= 15 is 0 Å². The fraction of sp³-hybridized carbons (Fsp3) is 0.829. The largest absolute Gasteiger partial charge is 0.756 e. The summed E-state index contributed by atoms with van der Waals surface area (Å²) in [5.41, 5.74) is 0. The highest BCUT2D eigenvalue weighted by atomic mass is 31.2. The topological polar surface area (TPSA) is 94.1 Å². The molecule has 0 radical (unpaired) electrons. The molecule has 0 aliphatic heterocycles. The molecule has 8 nitrogen and oxygen atoms in total. The highest BCUT2D eigenvalue weighted by molar-refractivity contribution is 7.45. The van der Waals surface area contributed by atoms with Gasteiger partial charge in [-0.15, -0.1) is 0 Å². The van der Waals surface area contributed by atoms with E-state index in [2.05, 4.69) is 50.3 Å². The van der Waals surface area contributed by atoms with Crippen molar-refractivity contribution in [2.45, 2.75) is 168 Å². The molecule has 0 aromatic rings. The number of esters is 1. The lowest BCUT2D eigenvalue weighted by molar-refractivity contribution is -0.870. The van der Waals surface area contributed by atoms with Crippen molar-refractivity contribution in [1.29, 1.82) is 0 Å². The Morgan fingerprint density at radius 3 is 1.64 bits per heavy atom. The fourth-order valence-corrected chi connectivity index (χ4v) is 5.94. The molecule has 0 heterocycles. The van der Waals surface area contributed by atoms with Crippen molar-refractivity contribution >= 4 is 13.8 Å². The van der Waals surface area contributed by atoms with Crippen molar-refractivity contribution in [3.63, 3.8) is 0 Å². The lowest BCUT2D eigenvalue weighted by Crippen LogP contribution is -2.37. The minimum atomic E-state index is -4.52. The maximum Gasteiger partial charge on any atom is 0.306 e. The smallest absolute Gasteiger partial charge is 0.306 e. The number of carbonyl (C=O) groups excluding carboxylic acids is 1. The maximum absolute atomic E-state index is 12.6. The van der Waals surface area contributed by atoms with Crippen molar-refractivity contribution in [3.8, 4) is 0 Å². The number of quaternary nitrogens is 1. The number of likely N-dealkylation sites (N-methyl/N-ethyl adjacent to an activating group) is 1. The second kappa shape index (κ2) is 34.8. The van der Waals surface area contributed by atoms with Gasteiger partial charge in [-0.3, -0.25) is 9.36 Å². The molecule has 0 bridgehead atoms. The number of rotatable bonds is 37. The van der Waals surface area contributed by atoms with Gasteiger partial charge in [0.1, 0.15) is 19.3 Å². The van der Waals surface area contributed by atoms with Crippen LogP contribution in [0.4, 0.5) is 0 Å². The lowest BCUT2D eigenvalue weighted by atomic mass is 10.1. The quantitative estimate of drug-likeness (QED) is 0.0207. The Morgan fingerprint density at radius 1 is 0.620 bits per heavy atom. The number of nitrogens with zero attached hydrogens (tertiary/aromatic N) is 1. The first kappa shape index (κ1) is 48.7. The second-order valence-electron chi connectivity index (χ2n) is 14.6. The molecular formula is C41H78NO7P. The third kappa shape index (κ3) is 38.0. The summed E-state index contributed by atoms with van der Waals surface area (Å²) in [6.07, 6.45) is 38.6. The molecule has 0 aliphatic rings. The number of phosphoric acid groups is 1. The normalized spacial score (nSPS) is 14.3. The number of hydrogen-bond acceptors (Lipinski definition) is 7. The van der Waals surface area contributed by atoms with Crippen molar-refractivity contribution in [2.75, 3.05) is 54.1 Å². The molecule has 0 aliphatic carbocycles. The van der Waals surface area contributed by atoms with Crippen LogP contribution in [0.2, 0.25) is 0 Å². The van der Waals surface area contributed by atoms with Crippen LogP contribution in [0.25, 0.3) is 0 Å². The Balaban J connectivity index is 4.30. The van der Waals surface area contributed by atoms with Gasteiger partial charge in [0.15, 0.2) is 0 Å². The fourth-order valence-electron chi connectivity index (χ4n) is 5.22. The number of carbonyl (C=O) groups is 1. The average molecular weight is 728 g/mol. The maximum atomic E-state index is 12.6. The van der Waals surface area contributed by atoms with Gasteiger partial charge in [0.05, 0.1) is 34.4 Å². The molecule has 0 rings (SSSR count). The van der Waals surface area contributed by atoms with E-state index in [1.54, 1.807) is 0 Å². The number of phosphoric ester groups is 1. The van der Waals surface area contributed by atoms with Crippen molar-refractivity contribution in [3.05, 3.63) is 36.5 Å². The summed E-state index contributed by atoms with van der Waals surface area (Å²) in [5, 5.41) is 0. The van der Waals surface area contributed by atoms with Gasteiger partial charge in [-0.25, -0.2) is 0 Å². The third-order valence-electron chi connectivity index (χ3n) is 8.41. The Labute approximate surface area is 308 Å². The zero-order valence-electron chi connectivity index (χ0n) is 33.1. The zero-order chi connectivity index (χ0) is 37.0. The SMILES string of the molecule is CCCCC/C=C\C/C=C\CCCCCCCCOCC(COP(=O)([O-])OCC[N+](C)(C)C)OC(=O)CCCCCCC/C=C\CCCCC. The number of hydrogen-bond donors (Lipinski definition) is 0. The van der Waals surface area contributed by atoms with Crippen LogP contribution >= 0.6 is 7.82 Å². The van der Waals surface area contributed by atoms with Gasteiger partial charge in [0.2, 0.25) is 0 Å². The number of allylic oxidation sites excluding steroid dienone is 6. The summed E-state index contributed by atoms with van der Waals surface area (Å²) >= 11 is 0. The predicted molar refractivity (Wildman–Crippen MR) is 208 cm³/mol. The molecule has 0 saturated heterocycles. The molecule has 50 heavy (non-hydrogen) atoms. The molecule has 294 valence electrons. The van der Waals surface area contributed by atoms with E-state index in [4.69, 9.17) is 18.5 Å². The summed E-state index contributed by atoms with van der Waals surface area (Å²) < 4.78 is 34.5. The van der Waals surface area contributed by atoms with E-state index in [0.717, 1.165) is 64.2 Å². The molecule has 9 heteroatoms. The van der Waals surface area contributed by atoms with Gasteiger partial charge >= 0.3 is 5.97 Å². The van der Waals surface area contributed by atoms with Crippen LogP contribution in [0.1, 0.15) is 162 Å². The minimum Gasteiger partial charge on any atom is -0.756 e. The Hall–Kier alpha value is -1.28. The second-order valence-corrected chi connectivity index (χ2v) is 16.0. The first-order chi connectivity index (χ1) is 24.1. The summed E-state index contributed by atoms with van der Waals surface area (Å²) in [6, 6.07) is 0. The Morgan fingerprint density at radius 2 is 1.10 bits per heavy atom. The highest BCUT2D eigenvalue weighted by Gasteiger charge is 2.20. The van der Waals surface area contributed by atoms with Crippen LogP contribution in [0.3, 0.4) is 0 Å². The summed E-state index contributed by atoms with van der Waals surface area (Å²) in [5.74, 6) is -0.349. The molecular weight excluding hydrogens is 649 g/mol. The minimum absolute atomic E-state index is 0.0219. The molecule has 0 N–H and O–H groups in total. The standard InChI is InChI=1S/C41H78NO7P/c1-6-8-10-12-14-16-18-20-21-22-23-25-27-29-31-33-36-46-38-40(39-48-50(44,45)47-37-35-42(3,4)5)49-41(43)34-32-30-28-26-24-19-17-15-13-11-9-7-2/h14-17,20-21,40H,6-13,18-19,22-39H2,1-5H3/b16-14-,17-15-,21-20-. The Kier molecular flexibility index (Phi) is 33.9. The lowest BCUT2D eigenvalue weighted by Gasteiger charge is -2.28. The molecule has 0 spiro atoms. The first-order valence-electron chi connectivity index (χ1n) is 20.2. The first-order valence-corrected chi connectivity index (χ1v) is 21.7.